The van der Waals surface area contributed by atoms with Gasteiger partial charge in [-0.1, -0.05) is 24.3 Å². The number of rotatable bonds is 12. The van der Waals surface area contributed by atoms with E-state index in [-0.39, 0.29) is 36.0 Å². The highest BCUT2D eigenvalue weighted by Gasteiger charge is 2.40. The van der Waals surface area contributed by atoms with Gasteiger partial charge in [0.15, 0.2) is 12.6 Å². The Balaban J connectivity index is 1.25. The maximum atomic E-state index is 13.6. The first kappa shape index (κ1) is 30.4. The number of halogens is 1. The molecule has 226 valence electrons. The Bertz CT molecular complexity index is 1220. The molecule has 3 aliphatic rings. The van der Waals surface area contributed by atoms with Crippen molar-refractivity contribution in [3.63, 3.8) is 0 Å². The highest BCUT2D eigenvalue weighted by molar-refractivity contribution is 6.17. The first-order valence-corrected chi connectivity index (χ1v) is 15.7. The number of alkyl halides is 1. The third-order valence-electron chi connectivity index (χ3n) is 8.18. The molecule has 0 bridgehead atoms. The zero-order valence-corrected chi connectivity index (χ0v) is 24.8. The summed E-state index contributed by atoms with van der Waals surface area (Å²) in [6.45, 7) is 3.78. The van der Waals surface area contributed by atoms with E-state index >= 15 is 0 Å². The smallest absolute Gasteiger partial charge is 0.333 e. The highest BCUT2D eigenvalue weighted by Crippen LogP contribution is 2.33. The summed E-state index contributed by atoms with van der Waals surface area (Å²) in [6, 6.07) is 8.23. The maximum absolute atomic E-state index is 13.6. The first-order valence-electron chi connectivity index (χ1n) is 15.1. The summed E-state index contributed by atoms with van der Waals surface area (Å²) < 4.78 is 33.3. The minimum Gasteiger partial charge on any atom is -0.353 e. The van der Waals surface area contributed by atoms with Gasteiger partial charge in [0.1, 0.15) is 12.3 Å². The molecular weight excluding hydrogens is 548 g/mol. The van der Waals surface area contributed by atoms with Crippen molar-refractivity contribution in [2.24, 2.45) is 0 Å². The van der Waals surface area contributed by atoms with Crippen molar-refractivity contribution in [1.29, 1.82) is 0 Å². The lowest BCUT2D eigenvalue weighted by Gasteiger charge is -2.29. The van der Waals surface area contributed by atoms with Crippen LogP contribution in [0.5, 0.6) is 0 Å². The van der Waals surface area contributed by atoms with Crippen molar-refractivity contribution in [3.8, 4) is 0 Å². The van der Waals surface area contributed by atoms with E-state index in [1.54, 1.807) is 17.7 Å². The van der Waals surface area contributed by atoms with Gasteiger partial charge in [-0.05, 0) is 75.8 Å². The maximum Gasteiger partial charge on any atom is 0.333 e. The lowest BCUT2D eigenvalue weighted by molar-refractivity contribution is -0.216. The summed E-state index contributed by atoms with van der Waals surface area (Å²) >= 11 is 5.89. The predicted molar refractivity (Wildman–Crippen MR) is 155 cm³/mol. The van der Waals surface area contributed by atoms with Crippen molar-refractivity contribution >= 4 is 11.6 Å². The van der Waals surface area contributed by atoms with Crippen LogP contribution in [0.2, 0.25) is 0 Å². The molecule has 5 atom stereocenters. The number of hydrogen-bond acceptors (Lipinski definition) is 7. The fourth-order valence-electron chi connectivity index (χ4n) is 5.78. The number of aromatic nitrogens is 2. The second-order valence-electron chi connectivity index (χ2n) is 11.3. The first-order chi connectivity index (χ1) is 20.0. The Morgan fingerprint density at radius 1 is 0.951 bits per heavy atom. The summed E-state index contributed by atoms with van der Waals surface area (Å²) in [5.74, 6) is 0.497. The highest BCUT2D eigenvalue weighted by atomic mass is 35.5. The largest absolute Gasteiger partial charge is 0.353 e. The van der Waals surface area contributed by atoms with Crippen molar-refractivity contribution < 1.29 is 23.7 Å². The van der Waals surface area contributed by atoms with Crippen molar-refractivity contribution in [1.82, 2.24) is 9.13 Å². The molecule has 0 radical (unpaired) electrons. The van der Waals surface area contributed by atoms with Gasteiger partial charge in [-0.15, -0.1) is 11.6 Å². The minimum atomic E-state index is -0.567. The van der Waals surface area contributed by atoms with Gasteiger partial charge in [0, 0.05) is 43.8 Å². The molecule has 0 spiro atoms. The molecular formula is C31H43ClN2O7. The molecule has 3 saturated heterocycles. The second-order valence-corrected chi connectivity index (χ2v) is 11.6. The molecule has 1 aromatic heterocycles. The second kappa shape index (κ2) is 14.9. The van der Waals surface area contributed by atoms with Crippen LogP contribution in [0.15, 0.2) is 40.1 Å². The SMILES string of the molecule is Cc1cn([C@H]2C[C@H](OC3CCCCO3)[C@@H](COC3CCCCO3)O2)c(=O)n(CCCCc2ccc(CCl)cc2)c1=O. The van der Waals surface area contributed by atoms with E-state index in [9.17, 15) is 9.59 Å². The van der Waals surface area contributed by atoms with Crippen LogP contribution in [0, 0.1) is 6.92 Å². The normalized spacial score (nSPS) is 26.8. The van der Waals surface area contributed by atoms with Crippen LogP contribution in [-0.4, -0.2) is 53.7 Å². The Morgan fingerprint density at radius 2 is 1.66 bits per heavy atom. The molecule has 0 aliphatic carbocycles. The van der Waals surface area contributed by atoms with Crippen LogP contribution in [0.25, 0.3) is 0 Å². The predicted octanol–water partition coefficient (Wildman–Crippen LogP) is 4.82. The number of unbranched alkanes of at least 4 members (excludes halogenated alkanes) is 1. The molecule has 10 heteroatoms. The molecule has 41 heavy (non-hydrogen) atoms. The molecule has 3 aliphatic heterocycles. The van der Waals surface area contributed by atoms with E-state index in [1.165, 1.54) is 10.1 Å². The van der Waals surface area contributed by atoms with E-state index in [0.29, 0.717) is 50.7 Å². The molecule has 1 aromatic carbocycles. The topological polar surface area (TPSA) is 90.2 Å². The average molecular weight is 591 g/mol. The third-order valence-corrected chi connectivity index (χ3v) is 8.49. The Kier molecular flexibility index (Phi) is 11.1. The average Bonchev–Trinajstić information content (AvgIpc) is 3.40. The van der Waals surface area contributed by atoms with Crippen molar-refractivity contribution in [2.45, 2.75) is 115 Å². The molecule has 3 fully saturated rings. The lowest BCUT2D eigenvalue weighted by Crippen LogP contribution is -2.42. The molecule has 9 nitrogen and oxygen atoms in total. The monoisotopic (exact) mass is 590 g/mol. The number of nitrogens with zero attached hydrogens (tertiary/aromatic N) is 2. The Labute approximate surface area is 246 Å². The number of ether oxygens (including phenoxy) is 5. The summed E-state index contributed by atoms with van der Waals surface area (Å²) in [5, 5.41) is 0. The van der Waals surface area contributed by atoms with Crippen LogP contribution in [-0.2, 0) is 42.5 Å². The van der Waals surface area contributed by atoms with Crippen molar-refractivity contribution in [3.05, 3.63) is 68.0 Å². The van der Waals surface area contributed by atoms with Crippen LogP contribution in [0.1, 0.15) is 80.7 Å². The van der Waals surface area contributed by atoms with E-state index in [2.05, 4.69) is 12.1 Å². The summed E-state index contributed by atoms with van der Waals surface area (Å²) in [5.41, 5.74) is 2.20. The fourth-order valence-corrected chi connectivity index (χ4v) is 5.96. The molecule has 0 N–H and O–H groups in total. The fraction of sp³-hybridized carbons (Fsp3) is 0.677. The number of aryl methyl sites for hydroxylation is 2. The van der Waals surface area contributed by atoms with Crippen molar-refractivity contribution in [2.75, 3.05) is 19.8 Å². The molecule has 0 amide bonds. The van der Waals surface area contributed by atoms with Gasteiger partial charge < -0.3 is 23.7 Å². The Hall–Kier alpha value is -2.01. The molecule has 5 rings (SSSR count). The summed E-state index contributed by atoms with van der Waals surface area (Å²) in [4.78, 5) is 26.6. The van der Waals surface area contributed by atoms with Crippen LogP contribution >= 0.6 is 11.6 Å². The minimum absolute atomic E-state index is 0.247. The summed E-state index contributed by atoms with van der Waals surface area (Å²) in [6.07, 6.45) is 8.65. The van der Waals surface area contributed by atoms with Gasteiger partial charge in [0.25, 0.3) is 5.56 Å². The van der Waals surface area contributed by atoms with E-state index < -0.39 is 6.23 Å². The third kappa shape index (κ3) is 8.09. The van der Waals surface area contributed by atoms with Gasteiger partial charge >= 0.3 is 5.69 Å². The van der Waals surface area contributed by atoms with Gasteiger partial charge in [-0.25, -0.2) is 4.79 Å². The molecule has 2 aromatic rings. The molecule has 4 heterocycles. The number of benzene rings is 1. The standard InChI is InChI=1S/C31H43ClN2O7/c1-22-20-34(31(36)33(30(22)35)15-5-2-8-23-11-13-24(19-32)14-12-23)27-18-25(41-29-10-4-7-17-38-29)26(40-27)21-39-28-9-3-6-16-37-28/h11-14,20,25-29H,2-10,15-19,21H2,1H3/t25-,26+,27+,28?,29?/m0/s1. The van der Waals surface area contributed by atoms with E-state index in [1.807, 2.05) is 12.1 Å². The molecule has 2 unspecified atom stereocenters. The Morgan fingerprint density at radius 3 is 2.34 bits per heavy atom. The van der Waals surface area contributed by atoms with E-state index in [0.717, 1.165) is 56.9 Å². The number of hydrogen-bond donors (Lipinski definition) is 0. The lowest BCUT2D eigenvalue weighted by atomic mass is 10.1. The van der Waals surface area contributed by atoms with Crippen LogP contribution in [0.4, 0.5) is 0 Å². The zero-order valence-electron chi connectivity index (χ0n) is 24.0. The van der Waals surface area contributed by atoms with Crippen LogP contribution < -0.4 is 11.2 Å². The van der Waals surface area contributed by atoms with Gasteiger partial charge in [-0.2, -0.15) is 0 Å². The van der Waals surface area contributed by atoms with Gasteiger partial charge in [0.05, 0.1) is 12.7 Å². The van der Waals surface area contributed by atoms with E-state index in [4.69, 9.17) is 35.3 Å². The van der Waals surface area contributed by atoms with Gasteiger partial charge in [0.2, 0.25) is 0 Å². The van der Waals surface area contributed by atoms with Gasteiger partial charge in [-0.3, -0.25) is 13.9 Å². The summed E-state index contributed by atoms with van der Waals surface area (Å²) in [7, 11) is 0. The molecule has 0 saturated carbocycles. The van der Waals surface area contributed by atoms with Crippen LogP contribution in [0.3, 0.4) is 0 Å². The zero-order chi connectivity index (χ0) is 28.6. The quantitative estimate of drug-likeness (QED) is 0.258.